The molecule has 0 unspecified atom stereocenters. The van der Waals surface area contributed by atoms with Crippen LogP contribution in [-0.4, -0.2) is 57.0 Å². The summed E-state index contributed by atoms with van der Waals surface area (Å²) in [6.07, 6.45) is 3.11. The topological polar surface area (TPSA) is 105 Å². The van der Waals surface area contributed by atoms with Gasteiger partial charge in [-0.15, -0.1) is 0 Å². The molecule has 2 aromatic rings. The van der Waals surface area contributed by atoms with Crippen LogP contribution in [0.1, 0.15) is 45.7 Å². The van der Waals surface area contributed by atoms with Crippen LogP contribution in [0.4, 0.5) is 10.5 Å². The van der Waals surface area contributed by atoms with E-state index in [1.54, 1.807) is 39.0 Å². The Kier molecular flexibility index (Phi) is 9.64. The molecule has 0 bridgehead atoms. The summed E-state index contributed by atoms with van der Waals surface area (Å²) in [5.41, 5.74) is 0.599. The van der Waals surface area contributed by atoms with Gasteiger partial charge in [0.25, 0.3) is 5.91 Å². The molecule has 1 saturated heterocycles. The Morgan fingerprint density at radius 2 is 1.71 bits per heavy atom. The van der Waals surface area contributed by atoms with Gasteiger partial charge in [0.05, 0.1) is 11.2 Å². The number of nitrogens with one attached hydrogen (secondary N) is 1. The van der Waals surface area contributed by atoms with Gasteiger partial charge in [-0.1, -0.05) is 68.2 Å². The average molecular weight is 602 g/mol. The zero-order valence-corrected chi connectivity index (χ0v) is 27.2. The third-order valence-corrected chi connectivity index (χ3v) is 9.73. The van der Waals surface area contributed by atoms with Gasteiger partial charge < -0.3 is 14.8 Å². The minimum Gasteiger partial charge on any atom is -0.487 e. The van der Waals surface area contributed by atoms with Crippen molar-refractivity contribution in [2.24, 2.45) is 0 Å². The number of benzene rings is 2. The van der Waals surface area contributed by atoms with E-state index in [1.165, 1.54) is 0 Å². The molecule has 0 saturated carbocycles. The molecule has 11 heteroatoms. The minimum atomic E-state index is -4.05. The number of hydrogen-bond donors (Lipinski definition) is 1. The number of hydrogen-bond acceptors (Lipinski definition) is 6. The van der Waals surface area contributed by atoms with E-state index in [0.717, 1.165) is 19.7 Å². The number of amides is 2. The van der Waals surface area contributed by atoms with Crippen LogP contribution in [0.25, 0.3) is 6.08 Å². The van der Waals surface area contributed by atoms with Crippen LogP contribution in [0, 0.1) is 0 Å². The fourth-order valence-corrected chi connectivity index (χ4v) is 6.63. The van der Waals surface area contributed by atoms with Crippen LogP contribution >= 0.6 is 0 Å². The smallest absolute Gasteiger partial charge is 0.408 e. The Labute approximate surface area is 245 Å². The monoisotopic (exact) mass is 601 g/mol. The lowest BCUT2D eigenvalue weighted by molar-refractivity contribution is -0.123. The van der Waals surface area contributed by atoms with E-state index in [4.69, 9.17) is 9.47 Å². The Balaban J connectivity index is 1.91. The van der Waals surface area contributed by atoms with Crippen molar-refractivity contribution in [1.29, 1.82) is 0 Å². The molecule has 0 atom stereocenters. The molecule has 3 rings (SSSR count). The average Bonchev–Trinajstić information content (AvgIpc) is 3.06. The van der Waals surface area contributed by atoms with Gasteiger partial charge in [-0.05, 0) is 63.9 Å². The Bertz CT molecular complexity index is 1380. The number of ether oxygens (including phenoxy) is 2. The first-order chi connectivity index (χ1) is 18.9. The lowest BCUT2D eigenvalue weighted by Gasteiger charge is -2.26. The fourth-order valence-electron chi connectivity index (χ4n) is 4.02. The minimum absolute atomic E-state index is 0.175. The lowest BCUT2D eigenvalue weighted by atomic mass is 10.0. The van der Waals surface area contributed by atoms with Crippen molar-refractivity contribution < 1.29 is 27.5 Å². The van der Waals surface area contributed by atoms with Crippen LogP contribution in [0.5, 0.6) is 5.75 Å². The third kappa shape index (κ3) is 9.36. The summed E-state index contributed by atoms with van der Waals surface area (Å²) in [6, 6.07) is 15.4. The van der Waals surface area contributed by atoms with E-state index in [1.807, 2.05) is 56.3 Å². The van der Waals surface area contributed by atoms with Gasteiger partial charge in [0.2, 0.25) is 0 Å². The molecule has 2 aromatic carbocycles. The van der Waals surface area contributed by atoms with Crippen molar-refractivity contribution in [3.05, 3.63) is 65.7 Å². The maximum Gasteiger partial charge on any atom is 0.408 e. The highest BCUT2D eigenvalue weighted by molar-refractivity contribution is 7.91. The molecular weight excluding hydrogens is 558 g/mol. The van der Waals surface area contributed by atoms with Gasteiger partial charge in [-0.2, -0.15) is 8.42 Å². The van der Waals surface area contributed by atoms with E-state index in [0.29, 0.717) is 17.5 Å². The van der Waals surface area contributed by atoms with Crippen molar-refractivity contribution in [2.75, 3.05) is 17.4 Å². The maximum absolute atomic E-state index is 13.5. The first-order valence-electron chi connectivity index (χ1n) is 13.7. The van der Waals surface area contributed by atoms with Gasteiger partial charge >= 0.3 is 16.3 Å². The maximum atomic E-state index is 13.5. The molecular formula is C30H43N3O6SSi. The van der Waals surface area contributed by atoms with Crippen LogP contribution in [0.3, 0.4) is 0 Å². The fraction of sp³-hybridized carbons (Fsp3) is 0.467. The first-order valence-corrected chi connectivity index (χ1v) is 18.8. The second kappa shape index (κ2) is 12.3. The number of nitrogens with zero attached hydrogens (tertiary/aromatic N) is 2. The van der Waals surface area contributed by atoms with Crippen LogP contribution in [0.2, 0.25) is 25.7 Å². The number of alkyl carbamates (subject to hydrolysis) is 1. The number of rotatable bonds is 10. The third-order valence-electron chi connectivity index (χ3n) is 6.18. The van der Waals surface area contributed by atoms with E-state index >= 15 is 0 Å². The first kappa shape index (κ1) is 32.2. The standard InChI is InChI=1S/C30H43N3O6SSi/c1-29(2,3)39-28(35)31-30(4,5)17-16-23-14-15-25(26(20-23)38-22-24-12-10-9-11-13-24)33-21-27(34)32(40(33,36)37)18-19-41(6,7)8/h9-17,20H,18-19,21-22H2,1-8H3,(H,31,35). The zero-order valence-electron chi connectivity index (χ0n) is 25.4. The summed E-state index contributed by atoms with van der Waals surface area (Å²) >= 11 is 0. The SMILES string of the molecule is CC(C)(C=Cc1ccc(N2CC(=O)N(CC[Si](C)(C)C)S2(=O)=O)c(OCc2ccccc2)c1)NC(=O)OC(C)(C)C. The zero-order chi connectivity index (χ0) is 30.6. The molecule has 1 aliphatic heterocycles. The van der Waals surface area contributed by atoms with Gasteiger partial charge in [-0.3, -0.25) is 4.79 Å². The van der Waals surface area contributed by atoms with Crippen molar-refractivity contribution in [1.82, 2.24) is 9.62 Å². The van der Waals surface area contributed by atoms with Gasteiger partial charge in [0.1, 0.15) is 24.5 Å². The normalized spacial score (nSPS) is 15.9. The molecule has 0 aliphatic carbocycles. The number of anilines is 1. The van der Waals surface area contributed by atoms with E-state index in [-0.39, 0.29) is 19.7 Å². The highest BCUT2D eigenvalue weighted by Gasteiger charge is 2.44. The molecule has 41 heavy (non-hydrogen) atoms. The predicted molar refractivity (Wildman–Crippen MR) is 166 cm³/mol. The van der Waals surface area contributed by atoms with E-state index in [9.17, 15) is 18.0 Å². The predicted octanol–water partition coefficient (Wildman–Crippen LogP) is 5.81. The van der Waals surface area contributed by atoms with E-state index < -0.39 is 41.4 Å². The lowest BCUT2D eigenvalue weighted by Crippen LogP contribution is -2.44. The molecule has 1 heterocycles. The van der Waals surface area contributed by atoms with Crippen molar-refractivity contribution in [2.45, 2.75) is 78.1 Å². The molecule has 0 aromatic heterocycles. The largest absolute Gasteiger partial charge is 0.487 e. The second-order valence-electron chi connectivity index (χ2n) is 13.0. The molecule has 9 nitrogen and oxygen atoms in total. The van der Waals surface area contributed by atoms with Crippen molar-refractivity contribution in [3.8, 4) is 5.75 Å². The molecule has 0 spiro atoms. The van der Waals surface area contributed by atoms with Crippen molar-refractivity contribution in [3.63, 3.8) is 0 Å². The highest BCUT2D eigenvalue weighted by atomic mass is 32.2. The van der Waals surface area contributed by atoms with Crippen LogP contribution in [0.15, 0.2) is 54.6 Å². The molecule has 1 aliphatic rings. The summed E-state index contributed by atoms with van der Waals surface area (Å²) in [4.78, 5) is 25.1. The van der Waals surface area contributed by atoms with Crippen LogP contribution < -0.4 is 14.4 Å². The Morgan fingerprint density at radius 1 is 1.05 bits per heavy atom. The summed E-state index contributed by atoms with van der Waals surface area (Å²) in [5, 5.41) is 2.84. The summed E-state index contributed by atoms with van der Waals surface area (Å²) < 4.78 is 40.7. The van der Waals surface area contributed by atoms with Gasteiger partial charge in [0, 0.05) is 14.6 Å². The van der Waals surface area contributed by atoms with Crippen molar-refractivity contribution >= 4 is 42.0 Å². The number of carbonyl (C=O) groups is 2. The highest BCUT2D eigenvalue weighted by Crippen LogP contribution is 2.36. The quantitative estimate of drug-likeness (QED) is 0.345. The Morgan fingerprint density at radius 3 is 2.32 bits per heavy atom. The number of carbonyl (C=O) groups excluding carboxylic acids is 2. The van der Waals surface area contributed by atoms with E-state index in [2.05, 4.69) is 25.0 Å². The summed E-state index contributed by atoms with van der Waals surface area (Å²) in [5.74, 6) is -0.117. The van der Waals surface area contributed by atoms with Gasteiger partial charge in [-0.25, -0.2) is 13.4 Å². The molecule has 1 fully saturated rings. The summed E-state index contributed by atoms with van der Waals surface area (Å²) in [7, 11) is -5.63. The molecule has 224 valence electrons. The molecule has 1 N–H and O–H groups in total. The van der Waals surface area contributed by atoms with Crippen LogP contribution in [-0.2, 0) is 26.3 Å². The molecule has 0 radical (unpaired) electrons. The second-order valence-corrected chi connectivity index (χ2v) is 20.4. The molecule has 2 amide bonds. The van der Waals surface area contributed by atoms with Gasteiger partial charge in [0.15, 0.2) is 0 Å². The Hall–Kier alpha value is -3.31. The summed E-state index contributed by atoms with van der Waals surface area (Å²) in [6.45, 7) is 15.6.